The van der Waals surface area contributed by atoms with E-state index < -0.39 is 0 Å². The normalized spacial score (nSPS) is 14.8. The Morgan fingerprint density at radius 3 is 2.73 bits per heavy atom. The lowest BCUT2D eigenvalue weighted by Crippen LogP contribution is -2.19. The van der Waals surface area contributed by atoms with Gasteiger partial charge in [0.25, 0.3) is 0 Å². The molecular weight excluding hydrogens is 414 g/mol. The van der Waals surface area contributed by atoms with E-state index >= 15 is 0 Å². The monoisotopic (exact) mass is 443 g/mol. The van der Waals surface area contributed by atoms with Gasteiger partial charge in [-0.05, 0) is 70.0 Å². The second-order valence-electron chi connectivity index (χ2n) is 9.25. The highest BCUT2D eigenvalue weighted by Gasteiger charge is 2.30. The number of likely N-dealkylation sites (N-methyl/N-ethyl adjacent to an activating group) is 1. The van der Waals surface area contributed by atoms with E-state index in [1.165, 1.54) is 5.56 Å². The number of fused-ring (bicyclic) bond motifs is 2. The van der Waals surface area contributed by atoms with Crippen LogP contribution in [0, 0.1) is 12.8 Å². The molecule has 5 rings (SSSR count). The molecule has 1 aromatic carbocycles. The molecule has 0 radical (unpaired) electrons. The van der Waals surface area contributed by atoms with Gasteiger partial charge in [-0.2, -0.15) is 0 Å². The number of nitrogens with one attached hydrogen (secondary N) is 1. The molecule has 0 spiro atoms. The third kappa shape index (κ3) is 4.33. The number of nitrogens with zero attached hydrogens (tertiary/aromatic N) is 4. The van der Waals surface area contributed by atoms with Crippen LogP contribution in [0.3, 0.4) is 0 Å². The Morgan fingerprint density at radius 1 is 1.18 bits per heavy atom. The predicted octanol–water partition coefficient (Wildman–Crippen LogP) is 5.15. The molecule has 1 aliphatic carbocycles. The summed E-state index contributed by atoms with van der Waals surface area (Å²) in [6.45, 7) is 5.15. The average molecular weight is 444 g/mol. The summed E-state index contributed by atoms with van der Waals surface area (Å²) in [5.41, 5.74) is 4.51. The summed E-state index contributed by atoms with van der Waals surface area (Å²) in [7, 11) is 4.20. The molecule has 7 nitrogen and oxygen atoms in total. The Kier molecular flexibility index (Phi) is 5.58. The maximum Gasteiger partial charge on any atom is 0.229 e. The van der Waals surface area contributed by atoms with Crippen molar-refractivity contribution in [1.29, 1.82) is 0 Å². The number of benzene rings is 1. The highest BCUT2D eigenvalue weighted by Crippen LogP contribution is 2.34. The number of anilines is 1. The molecule has 3 heterocycles. The van der Waals surface area contributed by atoms with Gasteiger partial charge < -0.3 is 14.6 Å². The summed E-state index contributed by atoms with van der Waals surface area (Å²) in [6, 6.07) is 8.17. The van der Waals surface area contributed by atoms with Crippen LogP contribution in [0.2, 0.25) is 0 Å². The van der Waals surface area contributed by atoms with Crippen molar-refractivity contribution >= 4 is 33.6 Å². The number of aryl methyl sites for hydroxylation is 1. The molecule has 1 unspecified atom stereocenters. The van der Waals surface area contributed by atoms with Crippen LogP contribution in [0.1, 0.15) is 43.4 Å². The Balaban J connectivity index is 1.55. The van der Waals surface area contributed by atoms with E-state index in [1.807, 2.05) is 19.1 Å². The zero-order valence-corrected chi connectivity index (χ0v) is 19.6. The van der Waals surface area contributed by atoms with Crippen LogP contribution in [0.4, 0.5) is 5.82 Å². The van der Waals surface area contributed by atoms with Crippen LogP contribution in [-0.4, -0.2) is 46.4 Å². The van der Waals surface area contributed by atoms with E-state index in [9.17, 15) is 4.79 Å². The number of aromatic nitrogens is 3. The first-order chi connectivity index (χ1) is 15.9. The van der Waals surface area contributed by atoms with E-state index in [1.54, 1.807) is 12.4 Å². The van der Waals surface area contributed by atoms with Crippen LogP contribution in [0.5, 0.6) is 0 Å². The summed E-state index contributed by atoms with van der Waals surface area (Å²) >= 11 is 0. The Hall–Kier alpha value is -3.32. The van der Waals surface area contributed by atoms with Crippen LogP contribution < -0.4 is 5.32 Å². The van der Waals surface area contributed by atoms with Gasteiger partial charge in [-0.25, -0.2) is 9.97 Å². The molecule has 170 valence electrons. The largest absolute Gasteiger partial charge is 0.436 e. The number of pyridine rings is 2. The zero-order chi connectivity index (χ0) is 23.1. The molecule has 1 atom stereocenters. The van der Waals surface area contributed by atoms with Crippen molar-refractivity contribution in [3.63, 3.8) is 0 Å². The minimum Gasteiger partial charge on any atom is -0.436 e. The summed E-state index contributed by atoms with van der Waals surface area (Å²) < 4.78 is 6.15. The zero-order valence-electron chi connectivity index (χ0n) is 19.6. The molecule has 1 saturated carbocycles. The van der Waals surface area contributed by atoms with Gasteiger partial charge in [-0.15, -0.1) is 0 Å². The van der Waals surface area contributed by atoms with E-state index in [0.29, 0.717) is 17.6 Å². The Bertz CT molecular complexity index is 1340. The minimum atomic E-state index is 0.0340. The molecule has 0 bridgehead atoms. The van der Waals surface area contributed by atoms with Gasteiger partial charge in [0, 0.05) is 41.3 Å². The third-order valence-electron chi connectivity index (χ3n) is 6.36. The second kappa shape index (κ2) is 8.56. The van der Waals surface area contributed by atoms with E-state index in [-0.39, 0.29) is 11.8 Å². The standard InChI is InChI=1S/C26H29N5O2/c1-5-16(14-31(3)4)18-8-9-23-22(10-18)29-26(33-23)21-13-27-15(2)20-12-28-24(11-19(20)21)30-25(32)17-6-7-17/h8-13,16-17H,5-7,14H2,1-4H3,(H,28,30,32). The van der Waals surface area contributed by atoms with Crippen molar-refractivity contribution in [2.75, 3.05) is 26.0 Å². The van der Waals surface area contributed by atoms with Gasteiger partial charge >= 0.3 is 0 Å². The van der Waals surface area contributed by atoms with Crippen molar-refractivity contribution < 1.29 is 9.21 Å². The first-order valence-electron chi connectivity index (χ1n) is 11.5. The first-order valence-corrected chi connectivity index (χ1v) is 11.5. The minimum absolute atomic E-state index is 0.0340. The van der Waals surface area contributed by atoms with Crippen molar-refractivity contribution in [3.8, 4) is 11.5 Å². The number of hydrogen-bond donors (Lipinski definition) is 1. The highest BCUT2D eigenvalue weighted by atomic mass is 16.3. The number of rotatable bonds is 7. The van der Waals surface area contributed by atoms with Crippen LogP contribution in [0.15, 0.2) is 41.1 Å². The van der Waals surface area contributed by atoms with Gasteiger partial charge in [0.1, 0.15) is 11.3 Å². The molecule has 1 N–H and O–H groups in total. The molecule has 0 saturated heterocycles. The van der Waals surface area contributed by atoms with Gasteiger partial charge in [-0.1, -0.05) is 13.0 Å². The molecular formula is C26H29N5O2. The lowest BCUT2D eigenvalue weighted by Gasteiger charge is -2.19. The van der Waals surface area contributed by atoms with Gasteiger partial charge in [-0.3, -0.25) is 9.78 Å². The molecule has 3 aromatic heterocycles. The number of hydrogen-bond acceptors (Lipinski definition) is 6. The van der Waals surface area contributed by atoms with Crippen LogP contribution >= 0.6 is 0 Å². The second-order valence-corrected chi connectivity index (χ2v) is 9.25. The fraction of sp³-hybridized carbons (Fsp3) is 0.385. The predicted molar refractivity (Wildman–Crippen MR) is 130 cm³/mol. The smallest absolute Gasteiger partial charge is 0.229 e. The number of amides is 1. The molecule has 0 aliphatic heterocycles. The highest BCUT2D eigenvalue weighted by molar-refractivity contribution is 6.00. The summed E-state index contributed by atoms with van der Waals surface area (Å²) in [6.07, 6.45) is 6.51. The third-order valence-corrected chi connectivity index (χ3v) is 6.36. The van der Waals surface area contributed by atoms with Gasteiger partial charge in [0.05, 0.1) is 5.56 Å². The van der Waals surface area contributed by atoms with Gasteiger partial charge in [0.2, 0.25) is 11.8 Å². The number of oxazole rings is 1. The fourth-order valence-electron chi connectivity index (χ4n) is 4.30. The van der Waals surface area contributed by atoms with Crippen molar-refractivity contribution in [1.82, 2.24) is 19.9 Å². The van der Waals surface area contributed by atoms with Crippen LogP contribution in [-0.2, 0) is 4.79 Å². The first kappa shape index (κ1) is 21.5. The van der Waals surface area contributed by atoms with Crippen molar-refractivity contribution in [2.24, 2.45) is 5.92 Å². The maximum atomic E-state index is 12.2. The Morgan fingerprint density at radius 2 is 2.00 bits per heavy atom. The topological polar surface area (TPSA) is 84.2 Å². The molecule has 1 amide bonds. The van der Waals surface area contributed by atoms with Crippen molar-refractivity contribution in [3.05, 3.63) is 47.9 Å². The molecule has 4 aromatic rings. The van der Waals surface area contributed by atoms with E-state index in [2.05, 4.69) is 53.3 Å². The quantitative estimate of drug-likeness (QED) is 0.425. The molecule has 33 heavy (non-hydrogen) atoms. The summed E-state index contributed by atoms with van der Waals surface area (Å²) in [5.74, 6) is 1.65. The van der Waals surface area contributed by atoms with Crippen molar-refractivity contribution in [2.45, 2.75) is 39.0 Å². The maximum absolute atomic E-state index is 12.2. The van der Waals surface area contributed by atoms with E-state index in [0.717, 1.165) is 58.9 Å². The summed E-state index contributed by atoms with van der Waals surface area (Å²) in [5, 5.41) is 4.76. The summed E-state index contributed by atoms with van der Waals surface area (Å²) in [4.78, 5) is 28.2. The molecule has 1 fully saturated rings. The molecule has 1 aliphatic rings. The number of carbonyl (C=O) groups excluding carboxylic acids is 1. The van der Waals surface area contributed by atoms with Crippen LogP contribution in [0.25, 0.3) is 33.3 Å². The SMILES string of the molecule is CCC(CN(C)C)c1ccc2oc(-c3cnc(C)c4cnc(NC(=O)C5CC5)cc34)nc2c1. The van der Waals surface area contributed by atoms with Gasteiger partial charge in [0.15, 0.2) is 5.58 Å². The molecule has 7 heteroatoms. The average Bonchev–Trinajstić information content (AvgIpc) is 3.57. The lowest BCUT2D eigenvalue weighted by molar-refractivity contribution is -0.117. The Labute approximate surface area is 193 Å². The number of carbonyl (C=O) groups is 1. The lowest BCUT2D eigenvalue weighted by atomic mass is 9.96. The fourth-order valence-corrected chi connectivity index (χ4v) is 4.30. The van der Waals surface area contributed by atoms with E-state index in [4.69, 9.17) is 9.40 Å².